The average molecular weight is 903 g/mol. The number of hydrogen-bond acceptors (Lipinski definition) is 2. The lowest BCUT2D eigenvalue weighted by Crippen LogP contribution is -2.54. The normalized spacial score (nSPS) is 16.4. The first-order valence-electron chi connectivity index (χ1n) is 25.0. The van der Waals surface area contributed by atoms with Crippen molar-refractivity contribution >= 4 is 41.1 Å². The minimum Gasteiger partial charge on any atom is -0.439 e. The van der Waals surface area contributed by atoms with E-state index in [-0.39, 0.29) is 29.2 Å². The molecule has 342 valence electrons. The number of allylic oxidation sites excluding steroid dienone is 1. The molecule has 67 heavy (non-hydrogen) atoms. The Balaban J connectivity index is 1.32. The Hall–Kier alpha value is -5.85. The molecule has 10 rings (SSSR count). The van der Waals surface area contributed by atoms with Gasteiger partial charge in [-0.05, 0) is 101 Å². The SMILES string of the molecule is C=C1CC2C(CCc3ccc4nc(C(C)(C)C)oc4c3-c3n(-c4c(C(C)C)cc(-c5ccccc5)cc4C(C)C)c4ccccc4[n+]31)c1ccccc1-c1cc(CC(C)C)c([Si](C)(C)C)c[n+]12. The summed E-state index contributed by atoms with van der Waals surface area (Å²) in [5.41, 5.74) is 19.3. The summed E-state index contributed by atoms with van der Waals surface area (Å²) in [5.74, 6) is 3.16. The summed E-state index contributed by atoms with van der Waals surface area (Å²) in [5, 5.41) is 1.57. The predicted octanol–water partition coefficient (Wildman–Crippen LogP) is 14.8. The van der Waals surface area contributed by atoms with Gasteiger partial charge >= 0.3 is 5.82 Å². The first-order chi connectivity index (χ1) is 31.9. The monoisotopic (exact) mass is 903 g/mol. The van der Waals surface area contributed by atoms with Gasteiger partial charge in [0.2, 0.25) is 11.6 Å². The zero-order valence-electron chi connectivity index (χ0n) is 42.1. The van der Waals surface area contributed by atoms with Gasteiger partial charge in [0.05, 0.1) is 14.5 Å². The molecule has 3 aromatic heterocycles. The molecule has 2 aliphatic rings. The number of rotatable bonds is 7. The van der Waals surface area contributed by atoms with E-state index in [2.05, 4.69) is 211 Å². The van der Waals surface area contributed by atoms with Crippen molar-refractivity contribution in [3.63, 3.8) is 0 Å². The molecule has 0 fully saturated rings. The lowest BCUT2D eigenvalue weighted by Gasteiger charge is -2.33. The zero-order valence-corrected chi connectivity index (χ0v) is 43.1. The Morgan fingerprint density at radius 2 is 1.48 bits per heavy atom. The maximum atomic E-state index is 7.14. The van der Waals surface area contributed by atoms with Crippen molar-refractivity contribution in [2.24, 2.45) is 5.92 Å². The molecule has 2 aliphatic heterocycles. The molecule has 0 aliphatic carbocycles. The summed E-state index contributed by atoms with van der Waals surface area (Å²) in [4.78, 5) is 5.24. The van der Waals surface area contributed by atoms with Gasteiger partial charge in [0.15, 0.2) is 28.9 Å². The van der Waals surface area contributed by atoms with Crippen LogP contribution in [0.5, 0.6) is 0 Å². The topological polar surface area (TPSA) is 38.7 Å². The Labute approximate surface area is 400 Å². The summed E-state index contributed by atoms with van der Waals surface area (Å²) in [6, 6.07) is 41.4. The number of fused-ring (bicyclic) bond motifs is 13. The van der Waals surface area contributed by atoms with Gasteiger partial charge in [-0.1, -0.05) is 155 Å². The van der Waals surface area contributed by atoms with Gasteiger partial charge in [-0.3, -0.25) is 0 Å². The Bertz CT molecular complexity index is 3190. The van der Waals surface area contributed by atoms with E-state index < -0.39 is 8.07 Å². The van der Waals surface area contributed by atoms with Gasteiger partial charge in [-0.15, -0.1) is 0 Å². The molecular formula is C61H70N4OSi+2. The highest BCUT2D eigenvalue weighted by Gasteiger charge is 2.45. The average Bonchev–Trinajstić information content (AvgIpc) is 3.88. The van der Waals surface area contributed by atoms with Gasteiger partial charge in [-0.2, -0.15) is 13.7 Å². The van der Waals surface area contributed by atoms with Crippen molar-refractivity contribution in [2.75, 3.05) is 0 Å². The van der Waals surface area contributed by atoms with Crippen LogP contribution in [-0.4, -0.2) is 17.6 Å². The van der Waals surface area contributed by atoms with E-state index >= 15 is 0 Å². The van der Waals surface area contributed by atoms with Crippen LogP contribution in [0.3, 0.4) is 0 Å². The fourth-order valence-corrected chi connectivity index (χ4v) is 13.1. The number of benzene rings is 5. The minimum absolute atomic E-state index is 0.161. The van der Waals surface area contributed by atoms with Crippen LogP contribution < -0.4 is 14.3 Å². The first-order valence-corrected chi connectivity index (χ1v) is 28.5. The van der Waals surface area contributed by atoms with E-state index in [0.29, 0.717) is 5.92 Å². The fraction of sp³-hybridized carbons (Fsp3) is 0.361. The number of hydrogen-bond donors (Lipinski definition) is 0. The van der Waals surface area contributed by atoms with E-state index in [9.17, 15) is 0 Å². The van der Waals surface area contributed by atoms with Crippen molar-refractivity contribution in [1.29, 1.82) is 0 Å². The van der Waals surface area contributed by atoms with E-state index in [4.69, 9.17) is 16.0 Å². The van der Waals surface area contributed by atoms with Crippen LogP contribution in [0.15, 0.2) is 126 Å². The molecule has 0 saturated carbocycles. The minimum atomic E-state index is -1.75. The summed E-state index contributed by atoms with van der Waals surface area (Å²) in [6.07, 6.45) is 6.34. The lowest BCUT2D eigenvalue weighted by atomic mass is 9.77. The molecule has 0 saturated heterocycles. The van der Waals surface area contributed by atoms with Crippen LogP contribution in [0.4, 0.5) is 0 Å². The van der Waals surface area contributed by atoms with Gasteiger partial charge < -0.3 is 4.42 Å². The molecule has 0 amide bonds. The maximum Gasteiger partial charge on any atom is 0.304 e. The molecule has 8 aromatic rings. The number of oxazole rings is 1. The second-order valence-corrected chi connectivity index (χ2v) is 27.8. The molecule has 0 spiro atoms. The van der Waals surface area contributed by atoms with Crippen LogP contribution in [0.2, 0.25) is 19.6 Å². The third-order valence-corrected chi connectivity index (χ3v) is 16.7. The summed E-state index contributed by atoms with van der Waals surface area (Å²) in [6.45, 7) is 33.5. The molecule has 5 nitrogen and oxygen atoms in total. The lowest BCUT2D eigenvalue weighted by molar-refractivity contribution is -0.719. The summed E-state index contributed by atoms with van der Waals surface area (Å²) in [7, 11) is -1.75. The van der Waals surface area contributed by atoms with Crippen LogP contribution in [0, 0.1) is 5.92 Å². The predicted molar refractivity (Wildman–Crippen MR) is 282 cm³/mol. The van der Waals surface area contributed by atoms with Crippen molar-refractivity contribution in [3.05, 3.63) is 156 Å². The van der Waals surface area contributed by atoms with Crippen LogP contribution in [0.1, 0.15) is 133 Å². The zero-order chi connectivity index (χ0) is 47.3. The summed E-state index contributed by atoms with van der Waals surface area (Å²) < 4.78 is 15.0. The third kappa shape index (κ3) is 7.73. The number of imidazole rings is 1. The molecule has 5 heterocycles. The van der Waals surface area contributed by atoms with E-state index in [1.807, 2.05) is 0 Å². The molecule has 0 N–H and O–H groups in total. The van der Waals surface area contributed by atoms with Gasteiger partial charge in [-0.25, -0.2) is 4.98 Å². The summed E-state index contributed by atoms with van der Waals surface area (Å²) >= 11 is 0. The molecule has 2 unspecified atom stereocenters. The Morgan fingerprint density at radius 1 is 0.806 bits per heavy atom. The van der Waals surface area contributed by atoms with Crippen molar-refractivity contribution in [2.45, 2.75) is 137 Å². The van der Waals surface area contributed by atoms with Gasteiger partial charge in [0.1, 0.15) is 22.5 Å². The fourth-order valence-electron chi connectivity index (χ4n) is 11.4. The quantitative estimate of drug-likeness (QED) is 0.118. The second kappa shape index (κ2) is 16.7. The second-order valence-electron chi connectivity index (χ2n) is 22.8. The van der Waals surface area contributed by atoms with Crippen LogP contribution >= 0.6 is 0 Å². The van der Waals surface area contributed by atoms with Gasteiger partial charge in [0.25, 0.3) is 0 Å². The van der Waals surface area contributed by atoms with E-state index in [0.717, 1.165) is 70.8 Å². The highest BCUT2D eigenvalue weighted by Crippen LogP contribution is 2.48. The molecule has 2 atom stereocenters. The van der Waals surface area contributed by atoms with Crippen LogP contribution in [-0.2, 0) is 18.3 Å². The highest BCUT2D eigenvalue weighted by molar-refractivity contribution is 6.89. The Kier molecular flexibility index (Phi) is 11.2. The third-order valence-electron chi connectivity index (χ3n) is 14.6. The highest BCUT2D eigenvalue weighted by atomic mass is 28.3. The maximum absolute atomic E-state index is 7.14. The van der Waals surface area contributed by atoms with Gasteiger partial charge in [0, 0.05) is 39.3 Å². The molecule has 5 aromatic carbocycles. The number of aryl methyl sites for hydroxylation is 1. The van der Waals surface area contributed by atoms with Crippen LogP contribution in [0.25, 0.3) is 67.3 Å². The van der Waals surface area contributed by atoms with Crippen molar-refractivity contribution in [3.8, 4) is 39.5 Å². The number of aromatic nitrogens is 4. The first kappa shape index (κ1) is 45.0. The van der Waals surface area contributed by atoms with E-state index in [1.54, 1.807) is 5.19 Å². The molecule has 0 bridgehead atoms. The van der Waals surface area contributed by atoms with Crippen molar-refractivity contribution in [1.82, 2.24) is 9.55 Å². The van der Waals surface area contributed by atoms with Crippen molar-refractivity contribution < 1.29 is 13.6 Å². The molecule has 0 radical (unpaired) electrons. The Morgan fingerprint density at radius 3 is 2.15 bits per heavy atom. The number of para-hydroxylation sites is 2. The molecule has 6 heteroatoms. The smallest absolute Gasteiger partial charge is 0.304 e. The number of nitrogens with zero attached hydrogens (tertiary/aromatic N) is 4. The molecular weight excluding hydrogens is 833 g/mol. The van der Waals surface area contributed by atoms with E-state index in [1.165, 1.54) is 55.9 Å². The largest absolute Gasteiger partial charge is 0.439 e. The standard InChI is InChI=1S/C61H70N4OSi/c1-37(2)31-44-35-54-46-24-18-17-23-45(46)47-29-27-42-28-30-50-58(66-60(62-50)61(8,9)10)56(42)59-64(40(7)32-53(47)63(54)36-55(44)67(11,12)13)51-25-19-20-26-52(51)65(59)57-48(38(3)4)33-43(34-49(57)39(5)6)41-21-15-14-16-22-41/h14-26,28,30,33-39,47,53H,7,27,29,31-32H2,1-6,8-13H3/q+2. The number of pyridine rings is 1.